The van der Waals surface area contributed by atoms with Gasteiger partial charge in [0.2, 0.25) is 27.7 Å². The maximum Gasteiger partial charge on any atom is 0.290 e. The molecule has 0 aliphatic carbocycles. The number of ether oxygens (including phenoxy) is 1. The average molecular weight is 656 g/mol. The Bertz CT molecular complexity index is 1440. The minimum absolute atomic E-state index is 0.0833. The van der Waals surface area contributed by atoms with Crippen LogP contribution < -0.4 is 5.73 Å². The molecule has 0 spiro atoms. The Hall–Kier alpha value is -3.34. The van der Waals surface area contributed by atoms with E-state index in [9.17, 15) is 27.9 Å². The first-order valence-corrected chi connectivity index (χ1v) is 15.8. The predicted octanol–water partition coefficient (Wildman–Crippen LogP) is -0.187. The summed E-state index contributed by atoms with van der Waals surface area (Å²) in [6.45, 7) is 4.33. The number of nitrogens with zero attached hydrogens (tertiary/aromatic N) is 4. The van der Waals surface area contributed by atoms with Crippen LogP contribution in [0.2, 0.25) is 5.02 Å². The van der Waals surface area contributed by atoms with Crippen LogP contribution >= 0.6 is 11.6 Å². The molecule has 0 bridgehead atoms. The van der Waals surface area contributed by atoms with Gasteiger partial charge in [-0.05, 0) is 48.4 Å². The summed E-state index contributed by atoms with van der Waals surface area (Å²) in [6, 6.07) is 7.38. The third-order valence-electron chi connectivity index (χ3n) is 7.55. The van der Waals surface area contributed by atoms with Crippen LogP contribution in [0.3, 0.4) is 0 Å². The van der Waals surface area contributed by atoms with Crippen LogP contribution in [-0.2, 0) is 33.9 Å². The van der Waals surface area contributed by atoms with Gasteiger partial charge in [-0.25, -0.2) is 8.42 Å². The number of aliphatic hydroxyl groups is 1. The number of benzene rings is 2. The van der Waals surface area contributed by atoms with Gasteiger partial charge in [-0.15, -0.1) is 0 Å². The number of hydrogen-bond acceptors (Lipinski definition) is 9. The molecule has 2 aromatic carbocycles. The number of rotatable bonds is 12. The molecule has 3 amide bonds. The van der Waals surface area contributed by atoms with E-state index in [1.807, 2.05) is 0 Å². The molecule has 4 N–H and O–H groups in total. The lowest BCUT2D eigenvalue weighted by Crippen LogP contribution is -2.53. The molecule has 0 radical (unpaired) electrons. The molecule has 2 atom stereocenters. The number of carbonyl (C=O) groups is 4. The van der Waals surface area contributed by atoms with E-state index >= 15 is 0 Å². The van der Waals surface area contributed by atoms with E-state index in [1.54, 1.807) is 31.2 Å². The van der Waals surface area contributed by atoms with Gasteiger partial charge in [-0.2, -0.15) is 4.31 Å². The number of nitrogens with two attached hydrogens (primary N) is 1. The monoisotopic (exact) mass is 655 g/mol. The van der Waals surface area contributed by atoms with Gasteiger partial charge in [0.15, 0.2) is 0 Å². The number of fused-ring (bicyclic) bond motifs is 1. The zero-order chi connectivity index (χ0) is 32.4. The minimum Gasteiger partial charge on any atom is -0.483 e. The summed E-state index contributed by atoms with van der Waals surface area (Å²) >= 11 is 6.04. The van der Waals surface area contributed by atoms with Crippen LogP contribution in [0, 0.1) is 0 Å². The highest BCUT2D eigenvalue weighted by atomic mass is 35.5. The minimum atomic E-state index is -4.32. The van der Waals surface area contributed by atoms with E-state index in [0.29, 0.717) is 36.7 Å². The Labute approximate surface area is 260 Å². The number of morpholine rings is 1. The summed E-state index contributed by atoms with van der Waals surface area (Å²) in [6.07, 6.45) is 0.0833. The zero-order valence-corrected chi connectivity index (χ0v) is 26.0. The first-order valence-electron chi connectivity index (χ1n) is 14.0. The number of carboxylic acid groups (broad SMARTS) is 1. The van der Waals surface area contributed by atoms with E-state index in [0.717, 1.165) is 22.8 Å². The van der Waals surface area contributed by atoms with Crippen molar-refractivity contribution < 1.29 is 42.5 Å². The highest BCUT2D eigenvalue weighted by Gasteiger charge is 2.45. The van der Waals surface area contributed by atoms with Crippen LogP contribution in [0.25, 0.3) is 10.8 Å². The topological polar surface area (TPSA) is 191 Å². The lowest BCUT2D eigenvalue weighted by molar-refractivity contribution is -0.144. The van der Waals surface area contributed by atoms with E-state index in [-0.39, 0.29) is 43.4 Å². The normalized spacial score (nSPS) is 18.1. The summed E-state index contributed by atoms with van der Waals surface area (Å²) in [4.78, 5) is 52.3. The van der Waals surface area contributed by atoms with E-state index in [1.165, 1.54) is 21.9 Å². The summed E-state index contributed by atoms with van der Waals surface area (Å²) in [7, 11) is -4.32. The molecule has 44 heavy (non-hydrogen) atoms. The van der Waals surface area contributed by atoms with Crippen molar-refractivity contribution in [3.63, 3.8) is 0 Å². The first-order chi connectivity index (χ1) is 20.9. The van der Waals surface area contributed by atoms with Crippen LogP contribution in [0.5, 0.6) is 0 Å². The third kappa shape index (κ3) is 8.64. The smallest absolute Gasteiger partial charge is 0.290 e. The largest absolute Gasteiger partial charge is 0.483 e. The van der Waals surface area contributed by atoms with E-state index < -0.39 is 40.5 Å². The van der Waals surface area contributed by atoms with E-state index in [2.05, 4.69) is 4.90 Å². The molecule has 0 aromatic heterocycles. The van der Waals surface area contributed by atoms with Crippen molar-refractivity contribution in [1.82, 2.24) is 19.0 Å². The molecule has 0 unspecified atom stereocenters. The molecule has 2 fully saturated rings. The number of halogens is 1. The van der Waals surface area contributed by atoms with Gasteiger partial charge in [0, 0.05) is 44.3 Å². The number of amides is 3. The molecule has 0 saturated carbocycles. The van der Waals surface area contributed by atoms with Crippen molar-refractivity contribution in [3.05, 3.63) is 41.4 Å². The summed E-state index contributed by atoms with van der Waals surface area (Å²) < 4.78 is 33.7. The number of hydrogen-bond donors (Lipinski definition) is 3. The van der Waals surface area contributed by atoms with Crippen molar-refractivity contribution in [2.24, 2.45) is 5.73 Å². The fraction of sp³-hybridized carbons (Fsp3) is 0.500. The van der Waals surface area contributed by atoms with Crippen molar-refractivity contribution in [3.8, 4) is 0 Å². The Morgan fingerprint density at radius 2 is 1.77 bits per heavy atom. The molecule has 2 heterocycles. The van der Waals surface area contributed by atoms with Gasteiger partial charge in [0.05, 0.1) is 31.3 Å². The summed E-state index contributed by atoms with van der Waals surface area (Å²) in [5.74, 6) is -1.84. The maximum absolute atomic E-state index is 13.8. The highest BCUT2D eigenvalue weighted by Crippen LogP contribution is 2.29. The lowest BCUT2D eigenvalue weighted by atomic mass is 10.1. The summed E-state index contributed by atoms with van der Waals surface area (Å²) in [5.41, 5.74) is 5.42. The molecule has 242 valence electrons. The van der Waals surface area contributed by atoms with Gasteiger partial charge < -0.3 is 30.5 Å². The second-order valence-corrected chi connectivity index (χ2v) is 12.6. The predicted molar refractivity (Wildman–Crippen MR) is 161 cm³/mol. The molecule has 16 heteroatoms. The molecular weight excluding hydrogens is 618 g/mol. The molecule has 14 nitrogen and oxygen atoms in total. The van der Waals surface area contributed by atoms with Crippen molar-refractivity contribution in [2.75, 3.05) is 65.6 Å². The van der Waals surface area contributed by atoms with Crippen LogP contribution in [-0.4, -0.2) is 140 Å². The Morgan fingerprint density at radius 1 is 1.14 bits per heavy atom. The standard InChI is InChI=1S/C27H36ClN5O7S.CH2O2/c1-19(26(36)31(10-13-34)9-8-30-11-14-40-15-12-30)32-7-6-24(27(32)37)33(18-25(29)35)41(38,39)23-5-3-20-16-22(28)4-2-21(20)17-23;2-1-3/h2-5,16-17,19,24,34H,6-15,18H2,1H3,(H2,29,35);1H,(H,2,3)/t19-,24-;/m0./s1. The Balaban J connectivity index is 0.00000169. The second-order valence-electron chi connectivity index (χ2n) is 10.3. The zero-order valence-electron chi connectivity index (χ0n) is 24.4. The SMILES string of the molecule is C[C@@H](C(=O)N(CCO)CCN1CCOCC1)N1CC[C@H](N(CC(N)=O)S(=O)(=O)c2ccc3cc(Cl)ccc3c2)C1=O.O=CO. The Morgan fingerprint density at radius 3 is 2.41 bits per heavy atom. The molecule has 2 aliphatic heterocycles. The highest BCUT2D eigenvalue weighted by molar-refractivity contribution is 7.89. The van der Waals surface area contributed by atoms with E-state index in [4.69, 9.17) is 32.0 Å². The van der Waals surface area contributed by atoms with Crippen molar-refractivity contribution in [2.45, 2.75) is 30.3 Å². The van der Waals surface area contributed by atoms with Crippen LogP contribution in [0.1, 0.15) is 13.3 Å². The number of carbonyl (C=O) groups excluding carboxylic acids is 3. The molecular formula is C28H38ClN5O9S. The van der Waals surface area contributed by atoms with Crippen molar-refractivity contribution >= 4 is 56.6 Å². The number of primary amides is 1. The molecule has 2 saturated heterocycles. The quantitative estimate of drug-likeness (QED) is 0.258. The first kappa shape index (κ1) is 35.1. The number of aliphatic hydroxyl groups excluding tert-OH is 1. The van der Waals surface area contributed by atoms with Gasteiger partial charge in [0.25, 0.3) is 6.47 Å². The van der Waals surface area contributed by atoms with Gasteiger partial charge >= 0.3 is 0 Å². The lowest BCUT2D eigenvalue weighted by Gasteiger charge is -2.33. The third-order valence-corrected chi connectivity index (χ3v) is 9.63. The van der Waals surface area contributed by atoms with Crippen LogP contribution in [0.15, 0.2) is 41.3 Å². The molecule has 2 aromatic rings. The summed E-state index contributed by atoms with van der Waals surface area (Å²) in [5, 5.41) is 18.3. The second kappa shape index (κ2) is 16.1. The van der Waals surface area contributed by atoms with Crippen molar-refractivity contribution in [1.29, 1.82) is 0 Å². The number of likely N-dealkylation sites (tertiary alicyclic amines) is 1. The number of sulfonamides is 1. The molecule has 2 aliphatic rings. The molecule has 4 rings (SSSR count). The maximum atomic E-state index is 13.8. The average Bonchev–Trinajstić information content (AvgIpc) is 3.38. The Kier molecular flexibility index (Phi) is 12.9. The van der Waals surface area contributed by atoms with Gasteiger partial charge in [-0.1, -0.05) is 23.7 Å². The fourth-order valence-electron chi connectivity index (χ4n) is 5.28. The van der Waals surface area contributed by atoms with Gasteiger partial charge in [-0.3, -0.25) is 24.1 Å². The fourth-order valence-corrected chi connectivity index (χ4v) is 7.08. The van der Waals surface area contributed by atoms with Gasteiger partial charge in [0.1, 0.15) is 12.1 Å². The van der Waals surface area contributed by atoms with Crippen LogP contribution in [0.4, 0.5) is 0 Å².